The zero-order valence-electron chi connectivity index (χ0n) is 11.3. The van der Waals surface area contributed by atoms with Crippen LogP contribution in [0.1, 0.15) is 26.7 Å². The molecule has 6 heteroatoms. The number of pyridine rings is 1. The molecule has 0 aliphatic carbocycles. The van der Waals surface area contributed by atoms with Crippen LogP contribution in [0.25, 0.3) is 5.65 Å². The zero-order chi connectivity index (χ0) is 13.7. The predicted molar refractivity (Wildman–Crippen MR) is 71.8 cm³/mol. The topological polar surface area (TPSA) is 51.5 Å². The Balaban J connectivity index is 1.75. The fourth-order valence-electron chi connectivity index (χ4n) is 1.68. The number of nitrogens with one attached hydrogen (secondary N) is 1. The SMILES string of the molecule is CC(C)OCCCCNc1nc2ccc(F)cn2n1. The van der Waals surface area contributed by atoms with Gasteiger partial charge in [-0.25, -0.2) is 8.91 Å². The van der Waals surface area contributed by atoms with Crippen LogP contribution in [0, 0.1) is 5.82 Å². The number of nitrogens with zero attached hydrogens (tertiary/aromatic N) is 3. The molecule has 2 rings (SSSR count). The molecule has 0 amide bonds. The van der Waals surface area contributed by atoms with Crippen LogP contribution < -0.4 is 5.32 Å². The third-order valence-corrected chi connectivity index (χ3v) is 2.60. The van der Waals surface area contributed by atoms with Crippen molar-refractivity contribution in [2.75, 3.05) is 18.5 Å². The molecule has 2 aromatic rings. The minimum absolute atomic E-state index is 0.281. The van der Waals surface area contributed by atoms with Gasteiger partial charge in [-0.1, -0.05) is 0 Å². The summed E-state index contributed by atoms with van der Waals surface area (Å²) in [5.41, 5.74) is 0.632. The molecular weight excluding hydrogens is 247 g/mol. The van der Waals surface area contributed by atoms with Gasteiger partial charge in [0.05, 0.1) is 12.3 Å². The van der Waals surface area contributed by atoms with E-state index in [9.17, 15) is 4.39 Å². The summed E-state index contributed by atoms with van der Waals surface area (Å²) in [6.07, 6.45) is 3.57. The number of halogens is 1. The minimum atomic E-state index is -0.324. The highest BCUT2D eigenvalue weighted by atomic mass is 19.1. The fourth-order valence-corrected chi connectivity index (χ4v) is 1.68. The van der Waals surface area contributed by atoms with E-state index in [1.807, 2.05) is 13.8 Å². The van der Waals surface area contributed by atoms with E-state index < -0.39 is 0 Å². The third-order valence-electron chi connectivity index (χ3n) is 2.60. The van der Waals surface area contributed by atoms with Gasteiger partial charge in [0.1, 0.15) is 5.82 Å². The Morgan fingerprint density at radius 1 is 1.37 bits per heavy atom. The van der Waals surface area contributed by atoms with E-state index in [4.69, 9.17) is 4.74 Å². The Bertz CT molecular complexity index is 526. The molecule has 0 fully saturated rings. The summed E-state index contributed by atoms with van der Waals surface area (Å²) in [6, 6.07) is 2.97. The quantitative estimate of drug-likeness (QED) is 0.782. The molecule has 0 saturated heterocycles. The molecule has 0 aliphatic heterocycles. The van der Waals surface area contributed by atoms with Gasteiger partial charge in [0, 0.05) is 13.2 Å². The fraction of sp³-hybridized carbons (Fsp3) is 0.538. The van der Waals surface area contributed by atoms with Crippen LogP contribution in [0.4, 0.5) is 10.3 Å². The second-order valence-corrected chi connectivity index (χ2v) is 4.64. The van der Waals surface area contributed by atoms with E-state index >= 15 is 0 Å². The summed E-state index contributed by atoms with van der Waals surface area (Å²) in [5, 5.41) is 7.26. The molecule has 104 valence electrons. The number of hydrogen-bond acceptors (Lipinski definition) is 4. The average Bonchev–Trinajstić information content (AvgIpc) is 2.75. The second-order valence-electron chi connectivity index (χ2n) is 4.64. The Hall–Kier alpha value is -1.69. The van der Waals surface area contributed by atoms with E-state index in [0.717, 1.165) is 26.0 Å². The van der Waals surface area contributed by atoms with Gasteiger partial charge in [0.2, 0.25) is 5.95 Å². The summed E-state index contributed by atoms with van der Waals surface area (Å²) in [6.45, 7) is 5.60. The molecule has 1 N–H and O–H groups in total. The van der Waals surface area contributed by atoms with E-state index in [-0.39, 0.29) is 11.9 Å². The van der Waals surface area contributed by atoms with Crippen LogP contribution in [0.5, 0.6) is 0 Å². The Morgan fingerprint density at radius 2 is 2.21 bits per heavy atom. The highest BCUT2D eigenvalue weighted by molar-refractivity contribution is 5.42. The molecule has 2 heterocycles. The molecule has 0 saturated carbocycles. The van der Waals surface area contributed by atoms with Crippen molar-refractivity contribution in [2.45, 2.75) is 32.8 Å². The number of unbranched alkanes of at least 4 members (excludes halogenated alkanes) is 1. The lowest BCUT2D eigenvalue weighted by molar-refractivity contribution is 0.0765. The van der Waals surface area contributed by atoms with Crippen LogP contribution in [0.15, 0.2) is 18.3 Å². The summed E-state index contributed by atoms with van der Waals surface area (Å²) in [4.78, 5) is 4.24. The van der Waals surface area contributed by atoms with Crippen LogP contribution in [0.2, 0.25) is 0 Å². The first-order chi connectivity index (χ1) is 9.15. The molecule has 0 spiro atoms. The van der Waals surface area contributed by atoms with Gasteiger partial charge in [-0.05, 0) is 38.8 Å². The van der Waals surface area contributed by atoms with E-state index in [1.54, 1.807) is 6.07 Å². The lowest BCUT2D eigenvalue weighted by atomic mass is 10.3. The summed E-state index contributed by atoms with van der Waals surface area (Å²) < 4.78 is 19.9. The maximum absolute atomic E-state index is 13.0. The molecule has 19 heavy (non-hydrogen) atoms. The maximum Gasteiger partial charge on any atom is 0.243 e. The minimum Gasteiger partial charge on any atom is -0.379 e. The van der Waals surface area contributed by atoms with Crippen molar-refractivity contribution in [2.24, 2.45) is 0 Å². The highest BCUT2D eigenvalue weighted by Crippen LogP contribution is 2.07. The molecule has 5 nitrogen and oxygen atoms in total. The molecule has 2 aromatic heterocycles. The van der Waals surface area contributed by atoms with E-state index in [0.29, 0.717) is 11.6 Å². The number of rotatable bonds is 7. The normalized spacial score (nSPS) is 11.4. The molecule has 0 bridgehead atoms. The molecule has 0 aliphatic rings. The Morgan fingerprint density at radius 3 is 3.00 bits per heavy atom. The number of aromatic nitrogens is 3. The molecule has 0 radical (unpaired) electrons. The number of hydrogen-bond donors (Lipinski definition) is 1. The van der Waals surface area contributed by atoms with Crippen LogP contribution in [-0.2, 0) is 4.74 Å². The molecule has 0 unspecified atom stereocenters. The van der Waals surface area contributed by atoms with E-state index in [1.165, 1.54) is 16.8 Å². The first-order valence-electron chi connectivity index (χ1n) is 6.52. The zero-order valence-corrected chi connectivity index (χ0v) is 11.3. The van der Waals surface area contributed by atoms with Crippen LogP contribution >= 0.6 is 0 Å². The van der Waals surface area contributed by atoms with Crippen molar-refractivity contribution in [3.8, 4) is 0 Å². The third kappa shape index (κ3) is 4.17. The maximum atomic E-state index is 13.0. The standard InChI is InChI=1S/C13H19FN4O/c1-10(2)19-8-4-3-7-15-13-16-12-6-5-11(14)9-18(12)17-13/h5-6,9-10H,3-4,7-8H2,1-2H3,(H,15,17). The second kappa shape index (κ2) is 6.47. The van der Waals surface area contributed by atoms with Gasteiger partial charge in [0.15, 0.2) is 5.65 Å². The number of anilines is 1. The van der Waals surface area contributed by atoms with Crippen molar-refractivity contribution >= 4 is 11.6 Å². The van der Waals surface area contributed by atoms with Gasteiger partial charge in [-0.2, -0.15) is 4.98 Å². The van der Waals surface area contributed by atoms with Crippen molar-refractivity contribution in [1.82, 2.24) is 14.6 Å². The number of fused-ring (bicyclic) bond motifs is 1. The summed E-state index contributed by atoms with van der Waals surface area (Å²) in [5.74, 6) is 0.199. The summed E-state index contributed by atoms with van der Waals surface area (Å²) in [7, 11) is 0. The first kappa shape index (κ1) is 13.7. The first-order valence-corrected chi connectivity index (χ1v) is 6.52. The van der Waals surface area contributed by atoms with Crippen molar-refractivity contribution in [1.29, 1.82) is 0 Å². The average molecular weight is 266 g/mol. The van der Waals surface area contributed by atoms with Gasteiger partial charge >= 0.3 is 0 Å². The van der Waals surface area contributed by atoms with Crippen molar-refractivity contribution in [3.63, 3.8) is 0 Å². The van der Waals surface area contributed by atoms with Crippen molar-refractivity contribution in [3.05, 3.63) is 24.1 Å². The van der Waals surface area contributed by atoms with Gasteiger partial charge in [0.25, 0.3) is 0 Å². The van der Waals surface area contributed by atoms with Gasteiger partial charge < -0.3 is 10.1 Å². The lowest BCUT2D eigenvalue weighted by Crippen LogP contribution is -2.07. The number of ether oxygens (including phenoxy) is 1. The van der Waals surface area contributed by atoms with E-state index in [2.05, 4.69) is 15.4 Å². The predicted octanol–water partition coefficient (Wildman–Crippen LogP) is 2.49. The molecular formula is C13H19FN4O. The lowest BCUT2D eigenvalue weighted by Gasteiger charge is -2.06. The monoisotopic (exact) mass is 266 g/mol. The Labute approximate surface area is 111 Å². The van der Waals surface area contributed by atoms with Crippen molar-refractivity contribution < 1.29 is 9.13 Å². The van der Waals surface area contributed by atoms with Gasteiger partial charge in [-0.15, -0.1) is 5.10 Å². The molecule has 0 aromatic carbocycles. The largest absolute Gasteiger partial charge is 0.379 e. The van der Waals surface area contributed by atoms with Gasteiger partial charge in [-0.3, -0.25) is 0 Å². The Kier molecular flexibility index (Phi) is 4.68. The molecule has 0 atom stereocenters. The smallest absolute Gasteiger partial charge is 0.243 e. The van der Waals surface area contributed by atoms with Crippen LogP contribution in [-0.4, -0.2) is 33.9 Å². The van der Waals surface area contributed by atoms with Crippen LogP contribution in [0.3, 0.4) is 0 Å². The summed E-state index contributed by atoms with van der Waals surface area (Å²) >= 11 is 0. The highest BCUT2D eigenvalue weighted by Gasteiger charge is 2.03.